The number of carbonyl (C=O) groups excluding carboxylic acids is 3. The Bertz CT molecular complexity index is 872. The number of allylic oxidation sites excluding steroid dienone is 2. The van der Waals surface area contributed by atoms with Crippen LogP contribution in [0.3, 0.4) is 0 Å². The number of ether oxygens (including phenoxy) is 3. The lowest BCUT2D eigenvalue weighted by molar-refractivity contribution is -0.141. The molecule has 166 valence electrons. The number of hydrogen-bond donors (Lipinski definition) is 1. The van der Waals surface area contributed by atoms with E-state index in [0.717, 1.165) is 12.0 Å². The monoisotopic (exact) mass is 428 g/mol. The van der Waals surface area contributed by atoms with E-state index in [4.69, 9.17) is 14.2 Å². The minimum atomic E-state index is -0.196. The zero-order valence-corrected chi connectivity index (χ0v) is 18.1. The van der Waals surface area contributed by atoms with Crippen molar-refractivity contribution in [2.24, 2.45) is 23.7 Å². The van der Waals surface area contributed by atoms with Gasteiger partial charge in [-0.15, -0.1) is 0 Å². The fourth-order valence-electron chi connectivity index (χ4n) is 5.12. The smallest absolute Gasteiger partial charge is 0.233 e. The van der Waals surface area contributed by atoms with Crippen molar-refractivity contribution in [1.29, 1.82) is 0 Å². The van der Waals surface area contributed by atoms with Gasteiger partial charge >= 0.3 is 0 Å². The van der Waals surface area contributed by atoms with Gasteiger partial charge in [-0.25, -0.2) is 0 Å². The van der Waals surface area contributed by atoms with E-state index in [1.807, 2.05) is 12.1 Å². The molecule has 4 rings (SSSR count). The van der Waals surface area contributed by atoms with Crippen LogP contribution in [0.4, 0.5) is 0 Å². The maximum atomic E-state index is 12.7. The van der Waals surface area contributed by atoms with E-state index in [1.165, 1.54) is 12.0 Å². The zero-order chi connectivity index (χ0) is 22.1. The Morgan fingerprint density at radius 2 is 1.58 bits per heavy atom. The third-order valence-electron chi connectivity index (χ3n) is 6.58. The number of fused-ring (bicyclic) bond motifs is 5. The summed E-state index contributed by atoms with van der Waals surface area (Å²) in [6.07, 6.45) is 5.82. The number of likely N-dealkylation sites (tertiary alicyclic amines) is 1. The first kappa shape index (κ1) is 21.2. The molecule has 3 amide bonds. The molecule has 1 aliphatic heterocycles. The minimum absolute atomic E-state index is 0.0847. The number of imide groups is 1. The van der Waals surface area contributed by atoms with E-state index in [-0.39, 0.29) is 60.9 Å². The third kappa shape index (κ3) is 3.75. The molecule has 2 aliphatic carbocycles. The van der Waals surface area contributed by atoms with Crippen molar-refractivity contribution >= 4 is 17.7 Å². The first-order valence-electron chi connectivity index (χ1n) is 10.6. The van der Waals surface area contributed by atoms with Gasteiger partial charge < -0.3 is 19.5 Å². The fourth-order valence-corrected chi connectivity index (χ4v) is 5.12. The number of rotatable bonds is 9. The SMILES string of the molecule is COc1cc(CCC(=O)NCCN2C(=O)[C@H]3[C@H](C2=O)[C@H]2C=C[C@H]3C2)cc(OC)c1OC. The van der Waals surface area contributed by atoms with E-state index in [0.29, 0.717) is 23.7 Å². The maximum absolute atomic E-state index is 12.7. The number of carbonyl (C=O) groups is 3. The van der Waals surface area contributed by atoms with Crippen LogP contribution in [0.15, 0.2) is 24.3 Å². The number of nitrogens with zero attached hydrogens (tertiary/aromatic N) is 1. The van der Waals surface area contributed by atoms with Crippen LogP contribution in [0.1, 0.15) is 18.4 Å². The van der Waals surface area contributed by atoms with E-state index < -0.39 is 0 Å². The number of hydrogen-bond acceptors (Lipinski definition) is 6. The van der Waals surface area contributed by atoms with Crippen LogP contribution in [0.5, 0.6) is 17.2 Å². The highest BCUT2D eigenvalue weighted by Crippen LogP contribution is 2.52. The van der Waals surface area contributed by atoms with Crippen molar-refractivity contribution in [2.75, 3.05) is 34.4 Å². The molecule has 2 fully saturated rings. The fraction of sp³-hybridized carbons (Fsp3) is 0.522. The molecule has 0 spiro atoms. The number of aryl methyl sites for hydroxylation is 1. The summed E-state index contributed by atoms with van der Waals surface area (Å²) >= 11 is 0. The van der Waals surface area contributed by atoms with Gasteiger partial charge in [0.15, 0.2) is 11.5 Å². The van der Waals surface area contributed by atoms with Gasteiger partial charge in [-0.3, -0.25) is 19.3 Å². The molecule has 1 heterocycles. The highest BCUT2D eigenvalue weighted by atomic mass is 16.5. The van der Waals surface area contributed by atoms with Crippen LogP contribution in [-0.2, 0) is 20.8 Å². The quantitative estimate of drug-likeness (QED) is 0.474. The van der Waals surface area contributed by atoms with Crippen molar-refractivity contribution in [3.8, 4) is 17.2 Å². The first-order valence-corrected chi connectivity index (χ1v) is 10.6. The van der Waals surface area contributed by atoms with Crippen molar-refractivity contribution in [1.82, 2.24) is 10.2 Å². The predicted molar refractivity (Wildman–Crippen MR) is 112 cm³/mol. The standard InChI is InChI=1S/C23H28N2O6/c1-29-16-10-13(11-17(30-2)21(16)31-3)4-7-18(26)24-8-9-25-22(27)19-14-5-6-15(12-14)20(19)23(25)28/h5-6,10-11,14-15,19-20H,4,7-9,12H2,1-3H3,(H,24,26)/t14-,15-,19+,20+/m0/s1. The van der Waals surface area contributed by atoms with Gasteiger partial charge in [0.25, 0.3) is 0 Å². The minimum Gasteiger partial charge on any atom is -0.493 e. The third-order valence-corrected chi connectivity index (χ3v) is 6.58. The Labute approximate surface area is 181 Å². The summed E-state index contributed by atoms with van der Waals surface area (Å²) in [4.78, 5) is 39.0. The average molecular weight is 428 g/mol. The summed E-state index contributed by atoms with van der Waals surface area (Å²) in [5, 5.41) is 2.82. The molecular formula is C23H28N2O6. The van der Waals surface area contributed by atoms with Crippen LogP contribution in [0.2, 0.25) is 0 Å². The normalized spacial score (nSPS) is 25.7. The molecule has 8 heteroatoms. The molecule has 0 radical (unpaired) electrons. The number of benzene rings is 1. The second kappa shape index (κ2) is 8.61. The Kier molecular flexibility index (Phi) is 5.89. The summed E-state index contributed by atoms with van der Waals surface area (Å²) in [6, 6.07) is 3.63. The maximum Gasteiger partial charge on any atom is 0.233 e. The van der Waals surface area contributed by atoms with E-state index in [2.05, 4.69) is 17.5 Å². The molecule has 1 aromatic rings. The van der Waals surface area contributed by atoms with E-state index in [9.17, 15) is 14.4 Å². The summed E-state index contributed by atoms with van der Waals surface area (Å²) < 4.78 is 16.0. The number of nitrogens with one attached hydrogen (secondary N) is 1. The number of methoxy groups -OCH3 is 3. The van der Waals surface area contributed by atoms with Gasteiger partial charge in [-0.1, -0.05) is 12.2 Å². The molecule has 2 bridgehead atoms. The molecular weight excluding hydrogens is 400 g/mol. The Morgan fingerprint density at radius 3 is 2.10 bits per heavy atom. The molecule has 8 nitrogen and oxygen atoms in total. The molecule has 3 aliphatic rings. The lowest BCUT2D eigenvalue weighted by Crippen LogP contribution is -2.39. The van der Waals surface area contributed by atoms with Gasteiger partial charge in [0.2, 0.25) is 23.5 Å². The lowest BCUT2D eigenvalue weighted by Gasteiger charge is -2.17. The first-order chi connectivity index (χ1) is 15.0. The molecule has 0 aromatic heterocycles. The van der Waals surface area contributed by atoms with Crippen LogP contribution >= 0.6 is 0 Å². The summed E-state index contributed by atoms with van der Waals surface area (Å²) in [6.45, 7) is 0.480. The Hall–Kier alpha value is -3.03. The summed E-state index contributed by atoms with van der Waals surface area (Å²) in [7, 11) is 4.63. The van der Waals surface area contributed by atoms with E-state index >= 15 is 0 Å². The zero-order valence-electron chi connectivity index (χ0n) is 18.1. The number of amides is 3. The van der Waals surface area contributed by atoms with Crippen LogP contribution in [0.25, 0.3) is 0 Å². The topological polar surface area (TPSA) is 94.2 Å². The molecule has 31 heavy (non-hydrogen) atoms. The van der Waals surface area contributed by atoms with Crippen molar-refractivity contribution in [3.63, 3.8) is 0 Å². The van der Waals surface area contributed by atoms with Crippen LogP contribution in [0, 0.1) is 23.7 Å². The Balaban J connectivity index is 1.27. The Morgan fingerprint density at radius 1 is 1.00 bits per heavy atom. The van der Waals surface area contributed by atoms with Gasteiger partial charge in [0.1, 0.15) is 0 Å². The van der Waals surface area contributed by atoms with Gasteiger partial charge in [0.05, 0.1) is 33.2 Å². The van der Waals surface area contributed by atoms with Crippen molar-refractivity contribution in [3.05, 3.63) is 29.8 Å². The highest BCUT2D eigenvalue weighted by molar-refractivity contribution is 6.06. The summed E-state index contributed by atoms with van der Waals surface area (Å²) in [5.41, 5.74) is 0.880. The second-order valence-electron chi connectivity index (χ2n) is 8.21. The second-order valence-corrected chi connectivity index (χ2v) is 8.21. The molecule has 1 saturated carbocycles. The largest absolute Gasteiger partial charge is 0.493 e. The van der Waals surface area contributed by atoms with Gasteiger partial charge in [-0.2, -0.15) is 0 Å². The van der Waals surface area contributed by atoms with Crippen LogP contribution < -0.4 is 19.5 Å². The molecule has 1 saturated heterocycles. The predicted octanol–water partition coefficient (Wildman–Crippen LogP) is 1.57. The molecule has 0 unspecified atom stereocenters. The average Bonchev–Trinajstić information content (AvgIpc) is 3.46. The van der Waals surface area contributed by atoms with Crippen LogP contribution in [-0.4, -0.2) is 57.0 Å². The van der Waals surface area contributed by atoms with Gasteiger partial charge in [-0.05, 0) is 42.4 Å². The lowest BCUT2D eigenvalue weighted by atomic mass is 9.85. The van der Waals surface area contributed by atoms with Crippen molar-refractivity contribution in [2.45, 2.75) is 19.3 Å². The van der Waals surface area contributed by atoms with Crippen molar-refractivity contribution < 1.29 is 28.6 Å². The summed E-state index contributed by atoms with van der Waals surface area (Å²) in [5.74, 6) is 1.28. The van der Waals surface area contributed by atoms with E-state index in [1.54, 1.807) is 14.2 Å². The molecule has 1 N–H and O–H groups in total. The van der Waals surface area contributed by atoms with Gasteiger partial charge in [0, 0.05) is 19.5 Å². The molecule has 1 aromatic carbocycles. The highest BCUT2D eigenvalue weighted by Gasteiger charge is 2.58. The molecule has 4 atom stereocenters.